The maximum absolute atomic E-state index is 12.1. The predicted octanol–water partition coefficient (Wildman–Crippen LogP) is 4.27. The number of hydrogen-bond donors (Lipinski definition) is 2. The van der Waals surface area contributed by atoms with Gasteiger partial charge in [-0.05, 0) is 30.3 Å². The van der Waals surface area contributed by atoms with Crippen LogP contribution in [0.5, 0.6) is 5.75 Å². The molecule has 136 valence electrons. The zero-order valence-corrected chi connectivity index (χ0v) is 15.2. The number of ether oxygens (including phenoxy) is 1. The number of anilines is 1. The van der Waals surface area contributed by atoms with Gasteiger partial charge in [-0.25, -0.2) is 5.43 Å². The molecule has 3 N–H and O–H groups in total. The molecule has 0 radical (unpaired) electrons. The van der Waals surface area contributed by atoms with Gasteiger partial charge in [0.15, 0.2) is 0 Å². The van der Waals surface area contributed by atoms with Crippen molar-refractivity contribution in [2.75, 3.05) is 5.73 Å². The third-order valence-electron chi connectivity index (χ3n) is 3.84. The maximum Gasteiger partial charge on any atom is 0.273 e. The van der Waals surface area contributed by atoms with Gasteiger partial charge in [-0.15, -0.1) is 0 Å². The van der Waals surface area contributed by atoms with Crippen molar-refractivity contribution in [3.05, 3.63) is 94.5 Å². The van der Waals surface area contributed by atoms with Gasteiger partial charge in [0.2, 0.25) is 0 Å². The average Bonchev–Trinajstić information content (AvgIpc) is 2.68. The van der Waals surface area contributed by atoms with Crippen LogP contribution in [0.2, 0.25) is 5.02 Å². The Labute approximate surface area is 162 Å². The molecule has 27 heavy (non-hydrogen) atoms. The Balaban J connectivity index is 1.67. The standard InChI is InChI=1S/C21H18ClN3O2/c22-18-10-4-1-8-16(18)14-27-20-12-6-2-7-15(20)13-24-25-21(26)17-9-3-5-11-19(17)23/h1-13H,14,23H2,(H,25,26)/b24-13+. The summed E-state index contributed by atoms with van der Waals surface area (Å²) < 4.78 is 5.86. The minimum absolute atomic E-state index is 0.331. The minimum Gasteiger partial charge on any atom is -0.488 e. The summed E-state index contributed by atoms with van der Waals surface area (Å²) in [6.45, 7) is 0.331. The fraction of sp³-hybridized carbons (Fsp3) is 0.0476. The van der Waals surface area contributed by atoms with Gasteiger partial charge in [-0.1, -0.05) is 54.1 Å². The lowest BCUT2D eigenvalue weighted by Crippen LogP contribution is -2.19. The Morgan fingerprint density at radius 3 is 2.56 bits per heavy atom. The van der Waals surface area contributed by atoms with Gasteiger partial charge in [0, 0.05) is 21.8 Å². The number of nitrogen functional groups attached to an aromatic ring is 1. The zero-order valence-electron chi connectivity index (χ0n) is 14.4. The van der Waals surface area contributed by atoms with E-state index < -0.39 is 0 Å². The first-order chi connectivity index (χ1) is 13.1. The van der Waals surface area contributed by atoms with Crippen LogP contribution in [-0.2, 0) is 6.61 Å². The average molecular weight is 380 g/mol. The number of hydrogen-bond acceptors (Lipinski definition) is 4. The first-order valence-electron chi connectivity index (χ1n) is 8.28. The Morgan fingerprint density at radius 1 is 1.04 bits per heavy atom. The van der Waals surface area contributed by atoms with E-state index in [9.17, 15) is 4.79 Å². The number of carbonyl (C=O) groups is 1. The Hall–Kier alpha value is -3.31. The lowest BCUT2D eigenvalue weighted by atomic mass is 10.2. The summed E-state index contributed by atoms with van der Waals surface area (Å²) in [5.74, 6) is 0.258. The normalized spacial score (nSPS) is 10.7. The van der Waals surface area contributed by atoms with E-state index in [1.54, 1.807) is 24.3 Å². The van der Waals surface area contributed by atoms with Crippen LogP contribution >= 0.6 is 11.6 Å². The molecular formula is C21H18ClN3O2. The van der Waals surface area contributed by atoms with Crippen molar-refractivity contribution in [3.8, 4) is 5.75 Å². The van der Waals surface area contributed by atoms with E-state index in [1.807, 2.05) is 48.5 Å². The molecule has 0 aliphatic rings. The van der Waals surface area contributed by atoms with Crippen molar-refractivity contribution in [2.45, 2.75) is 6.61 Å². The van der Waals surface area contributed by atoms with Crippen molar-refractivity contribution < 1.29 is 9.53 Å². The number of carbonyl (C=O) groups excluding carboxylic acids is 1. The second kappa shape index (κ2) is 8.87. The summed E-state index contributed by atoms with van der Waals surface area (Å²) >= 11 is 6.16. The molecule has 0 aliphatic carbocycles. The van der Waals surface area contributed by atoms with Crippen molar-refractivity contribution >= 4 is 29.4 Å². The molecule has 0 aromatic heterocycles. The molecule has 3 rings (SSSR count). The van der Waals surface area contributed by atoms with Crippen molar-refractivity contribution in [2.24, 2.45) is 5.10 Å². The van der Waals surface area contributed by atoms with Gasteiger partial charge in [0.05, 0.1) is 11.8 Å². The van der Waals surface area contributed by atoms with Gasteiger partial charge in [0.25, 0.3) is 5.91 Å². The fourth-order valence-electron chi connectivity index (χ4n) is 2.41. The summed E-state index contributed by atoms with van der Waals surface area (Å²) in [4.78, 5) is 12.1. The third kappa shape index (κ3) is 4.86. The van der Waals surface area contributed by atoms with Gasteiger partial charge < -0.3 is 10.5 Å². The molecule has 3 aromatic rings. The Bertz CT molecular complexity index is 973. The van der Waals surface area contributed by atoms with E-state index >= 15 is 0 Å². The molecule has 0 spiro atoms. The molecule has 1 amide bonds. The van der Waals surface area contributed by atoms with Crippen LogP contribution in [0, 0.1) is 0 Å². The summed E-state index contributed by atoms with van der Waals surface area (Å²) in [7, 11) is 0. The predicted molar refractivity (Wildman–Crippen MR) is 108 cm³/mol. The van der Waals surface area contributed by atoms with Crippen molar-refractivity contribution in [3.63, 3.8) is 0 Å². The van der Waals surface area contributed by atoms with Crippen LogP contribution in [0.15, 0.2) is 77.9 Å². The van der Waals surface area contributed by atoms with Gasteiger partial charge in [-0.2, -0.15) is 5.10 Å². The van der Waals surface area contributed by atoms with E-state index in [2.05, 4.69) is 10.5 Å². The molecule has 0 unspecified atom stereocenters. The van der Waals surface area contributed by atoms with Gasteiger partial charge >= 0.3 is 0 Å². The second-order valence-corrected chi connectivity index (χ2v) is 6.11. The van der Waals surface area contributed by atoms with Crippen LogP contribution in [0.1, 0.15) is 21.5 Å². The molecule has 3 aromatic carbocycles. The zero-order chi connectivity index (χ0) is 19.1. The Kier molecular flexibility index (Phi) is 6.07. The number of benzene rings is 3. The molecule has 0 saturated carbocycles. The molecule has 5 nitrogen and oxygen atoms in total. The minimum atomic E-state index is -0.376. The van der Waals surface area contributed by atoms with Gasteiger partial charge in [-0.3, -0.25) is 4.79 Å². The second-order valence-electron chi connectivity index (χ2n) is 5.70. The summed E-state index contributed by atoms with van der Waals surface area (Å²) in [6, 6.07) is 21.7. The number of hydrazone groups is 1. The molecule has 0 heterocycles. The summed E-state index contributed by atoms with van der Waals surface area (Å²) in [5, 5.41) is 4.66. The first kappa shape index (κ1) is 18.5. The highest BCUT2D eigenvalue weighted by Gasteiger charge is 2.08. The monoisotopic (exact) mass is 379 g/mol. The van der Waals surface area contributed by atoms with Crippen molar-refractivity contribution in [1.82, 2.24) is 5.43 Å². The number of rotatable bonds is 6. The third-order valence-corrected chi connectivity index (χ3v) is 4.20. The van der Waals surface area contributed by atoms with E-state index in [0.717, 1.165) is 11.1 Å². The maximum atomic E-state index is 12.1. The highest BCUT2D eigenvalue weighted by molar-refractivity contribution is 6.31. The molecular weight excluding hydrogens is 362 g/mol. The van der Waals surface area contributed by atoms with Gasteiger partial charge in [0.1, 0.15) is 12.4 Å². The number of para-hydroxylation sites is 2. The van der Waals surface area contributed by atoms with Crippen LogP contribution < -0.4 is 15.9 Å². The van der Waals surface area contributed by atoms with Crippen LogP contribution in [-0.4, -0.2) is 12.1 Å². The molecule has 0 saturated heterocycles. The number of amides is 1. The van der Waals surface area contributed by atoms with Crippen LogP contribution in [0.25, 0.3) is 0 Å². The fourth-order valence-corrected chi connectivity index (χ4v) is 2.60. The SMILES string of the molecule is Nc1ccccc1C(=O)N/N=C/c1ccccc1OCc1ccccc1Cl. The lowest BCUT2D eigenvalue weighted by Gasteiger charge is -2.10. The number of nitrogens with one attached hydrogen (secondary N) is 1. The highest BCUT2D eigenvalue weighted by Crippen LogP contribution is 2.21. The smallest absolute Gasteiger partial charge is 0.273 e. The van der Waals surface area contributed by atoms with Crippen molar-refractivity contribution in [1.29, 1.82) is 0 Å². The topological polar surface area (TPSA) is 76.7 Å². The highest BCUT2D eigenvalue weighted by atomic mass is 35.5. The molecule has 0 bridgehead atoms. The summed E-state index contributed by atoms with van der Waals surface area (Å²) in [6.07, 6.45) is 1.53. The largest absolute Gasteiger partial charge is 0.488 e. The van der Waals surface area contributed by atoms with E-state index in [4.69, 9.17) is 22.1 Å². The lowest BCUT2D eigenvalue weighted by molar-refractivity contribution is 0.0956. The van der Waals surface area contributed by atoms with Crippen LogP contribution in [0.4, 0.5) is 5.69 Å². The van der Waals surface area contributed by atoms with E-state index in [-0.39, 0.29) is 5.91 Å². The molecule has 0 atom stereocenters. The Morgan fingerprint density at radius 2 is 1.74 bits per heavy atom. The quantitative estimate of drug-likeness (QED) is 0.381. The number of halogens is 1. The van der Waals surface area contributed by atoms with E-state index in [0.29, 0.717) is 28.6 Å². The first-order valence-corrected chi connectivity index (χ1v) is 8.66. The number of nitrogens with two attached hydrogens (primary N) is 1. The summed E-state index contributed by atoms with van der Waals surface area (Å²) in [5.41, 5.74) is 10.6. The van der Waals surface area contributed by atoms with E-state index in [1.165, 1.54) is 6.21 Å². The molecule has 0 fully saturated rings. The van der Waals surface area contributed by atoms with Crippen LogP contribution in [0.3, 0.4) is 0 Å². The number of nitrogens with zero attached hydrogens (tertiary/aromatic N) is 1. The molecule has 0 aliphatic heterocycles. The molecule has 6 heteroatoms.